The Morgan fingerprint density at radius 2 is 2.08 bits per heavy atom. The molecule has 128 valence electrons. The molecule has 1 N–H and O–H groups in total. The van der Waals surface area contributed by atoms with Gasteiger partial charge in [-0.15, -0.1) is 0 Å². The summed E-state index contributed by atoms with van der Waals surface area (Å²) in [6, 6.07) is 5.51. The maximum absolute atomic E-state index is 11.8. The summed E-state index contributed by atoms with van der Waals surface area (Å²) in [5, 5.41) is 4.40. The van der Waals surface area contributed by atoms with Crippen molar-refractivity contribution in [2.45, 2.75) is 26.8 Å². The molecule has 1 aromatic heterocycles. The Bertz CT molecular complexity index is 813. The Hall–Kier alpha value is -1.93. The van der Waals surface area contributed by atoms with E-state index in [0.29, 0.717) is 5.69 Å². The fourth-order valence-electron chi connectivity index (χ4n) is 2.00. The van der Waals surface area contributed by atoms with Crippen LogP contribution in [0.2, 0.25) is 0 Å². The summed E-state index contributed by atoms with van der Waals surface area (Å²) in [5.74, 6) is -0.942. The number of rotatable bonds is 6. The first-order valence-corrected chi connectivity index (χ1v) is 8.90. The first kappa shape index (κ1) is 18.4. The van der Waals surface area contributed by atoms with Crippen LogP contribution in [0.5, 0.6) is 0 Å². The van der Waals surface area contributed by atoms with Crippen LogP contribution < -0.4 is 10.2 Å². The smallest absolute Gasteiger partial charge is 0.308 e. The Labute approximate surface area is 151 Å². The number of anilines is 1. The molecule has 8 heteroatoms. The molecule has 0 unspecified atom stereocenters. The predicted octanol–water partition coefficient (Wildman–Crippen LogP) is 2.86. The second kappa shape index (κ2) is 8.25. The zero-order valence-corrected chi connectivity index (χ0v) is 15.7. The van der Waals surface area contributed by atoms with Crippen molar-refractivity contribution in [2.75, 3.05) is 11.9 Å². The molecule has 0 saturated carbocycles. The zero-order valence-electron chi connectivity index (χ0n) is 13.3. The molecule has 1 heterocycles. The van der Waals surface area contributed by atoms with Gasteiger partial charge >= 0.3 is 10.8 Å². The molecule has 0 radical (unpaired) electrons. The standard InChI is InChI=1S/C16H17BrN2O4S/c1-10-3-4-13(12(17)7-10)18-14(20)8-23-15(21)5-6-19-11(2)9-24-16(19)22/h3-4,7,9H,5-6,8H2,1-2H3,(H,18,20). The van der Waals surface area contributed by atoms with E-state index in [1.165, 1.54) is 4.57 Å². The molecule has 2 rings (SSSR count). The van der Waals surface area contributed by atoms with Crippen molar-refractivity contribution in [1.29, 1.82) is 0 Å². The number of thiazole rings is 1. The van der Waals surface area contributed by atoms with E-state index in [2.05, 4.69) is 21.2 Å². The highest BCUT2D eigenvalue weighted by atomic mass is 79.9. The molecule has 0 saturated heterocycles. The summed E-state index contributed by atoms with van der Waals surface area (Å²) >= 11 is 4.45. The van der Waals surface area contributed by atoms with E-state index in [1.54, 1.807) is 18.4 Å². The predicted molar refractivity (Wildman–Crippen MR) is 96.4 cm³/mol. The zero-order chi connectivity index (χ0) is 17.7. The van der Waals surface area contributed by atoms with E-state index >= 15 is 0 Å². The number of nitrogens with zero attached hydrogens (tertiary/aromatic N) is 1. The highest BCUT2D eigenvalue weighted by Gasteiger charge is 2.11. The average Bonchev–Trinajstić information content (AvgIpc) is 2.84. The maximum Gasteiger partial charge on any atom is 0.308 e. The van der Waals surface area contributed by atoms with E-state index in [9.17, 15) is 14.4 Å². The lowest BCUT2D eigenvalue weighted by molar-refractivity contribution is -0.147. The molecule has 0 aliphatic heterocycles. The summed E-state index contributed by atoms with van der Waals surface area (Å²) in [5.41, 5.74) is 2.48. The Morgan fingerprint density at radius 1 is 1.33 bits per heavy atom. The van der Waals surface area contributed by atoms with Crippen LogP contribution >= 0.6 is 27.3 Å². The van der Waals surface area contributed by atoms with Crippen LogP contribution in [0.1, 0.15) is 17.7 Å². The van der Waals surface area contributed by atoms with Gasteiger partial charge in [-0.05, 0) is 47.5 Å². The van der Waals surface area contributed by atoms with Gasteiger partial charge in [-0.1, -0.05) is 17.4 Å². The summed E-state index contributed by atoms with van der Waals surface area (Å²) in [4.78, 5) is 35.0. The third kappa shape index (κ3) is 5.04. The fraction of sp³-hybridized carbons (Fsp3) is 0.312. The first-order valence-electron chi connectivity index (χ1n) is 7.23. The van der Waals surface area contributed by atoms with Gasteiger partial charge in [0.1, 0.15) is 0 Å². The molecule has 1 amide bonds. The van der Waals surface area contributed by atoms with Gasteiger partial charge in [-0.25, -0.2) is 0 Å². The number of halogens is 1. The van der Waals surface area contributed by atoms with E-state index < -0.39 is 11.9 Å². The SMILES string of the molecule is Cc1ccc(NC(=O)COC(=O)CCn2c(C)csc2=O)c(Br)c1. The number of hydrogen-bond donors (Lipinski definition) is 1. The van der Waals surface area contributed by atoms with Crippen LogP contribution in [-0.4, -0.2) is 23.1 Å². The van der Waals surface area contributed by atoms with Crippen molar-refractivity contribution in [1.82, 2.24) is 4.57 Å². The number of carbonyl (C=O) groups is 2. The molecule has 24 heavy (non-hydrogen) atoms. The van der Waals surface area contributed by atoms with Crippen molar-refractivity contribution < 1.29 is 14.3 Å². The van der Waals surface area contributed by atoms with E-state index in [1.807, 2.05) is 19.1 Å². The molecule has 0 fully saturated rings. The van der Waals surface area contributed by atoms with Gasteiger partial charge in [0.25, 0.3) is 5.91 Å². The lowest BCUT2D eigenvalue weighted by Crippen LogP contribution is -2.23. The molecule has 0 aliphatic carbocycles. The number of nitrogens with one attached hydrogen (secondary N) is 1. The van der Waals surface area contributed by atoms with Crippen LogP contribution in [0.25, 0.3) is 0 Å². The second-order valence-corrected chi connectivity index (χ2v) is 6.91. The number of aromatic nitrogens is 1. The van der Waals surface area contributed by atoms with Gasteiger partial charge in [0.05, 0.1) is 12.1 Å². The summed E-state index contributed by atoms with van der Waals surface area (Å²) in [7, 11) is 0. The number of aryl methyl sites for hydroxylation is 2. The Kier molecular flexibility index (Phi) is 6.33. The van der Waals surface area contributed by atoms with Gasteiger partial charge < -0.3 is 14.6 Å². The number of ether oxygens (including phenoxy) is 1. The van der Waals surface area contributed by atoms with Gasteiger partial charge in [0.2, 0.25) is 0 Å². The van der Waals surface area contributed by atoms with Gasteiger partial charge in [0, 0.05) is 22.1 Å². The molecule has 0 atom stereocenters. The number of carbonyl (C=O) groups excluding carboxylic acids is 2. The van der Waals surface area contributed by atoms with Crippen LogP contribution in [0.4, 0.5) is 5.69 Å². The lowest BCUT2D eigenvalue weighted by Gasteiger charge is -2.09. The third-order valence-electron chi connectivity index (χ3n) is 3.28. The molecule has 0 bridgehead atoms. The topological polar surface area (TPSA) is 77.4 Å². The minimum atomic E-state index is -0.523. The molecule has 0 aliphatic rings. The quantitative estimate of drug-likeness (QED) is 0.739. The lowest BCUT2D eigenvalue weighted by atomic mass is 10.2. The van der Waals surface area contributed by atoms with Crippen molar-refractivity contribution >= 4 is 44.8 Å². The largest absolute Gasteiger partial charge is 0.456 e. The van der Waals surface area contributed by atoms with Gasteiger partial charge in [-0.2, -0.15) is 0 Å². The second-order valence-electron chi connectivity index (χ2n) is 5.24. The van der Waals surface area contributed by atoms with Crippen molar-refractivity contribution in [3.63, 3.8) is 0 Å². The number of esters is 1. The van der Waals surface area contributed by atoms with Crippen molar-refractivity contribution in [2.24, 2.45) is 0 Å². The van der Waals surface area contributed by atoms with Crippen LogP contribution in [0.3, 0.4) is 0 Å². The Balaban J connectivity index is 1.79. The maximum atomic E-state index is 11.8. The minimum Gasteiger partial charge on any atom is -0.456 e. The van der Waals surface area contributed by atoms with Crippen LogP contribution in [0.15, 0.2) is 32.8 Å². The Morgan fingerprint density at radius 3 is 2.71 bits per heavy atom. The van der Waals surface area contributed by atoms with Crippen LogP contribution in [0, 0.1) is 13.8 Å². The minimum absolute atomic E-state index is 0.0407. The van der Waals surface area contributed by atoms with Gasteiger partial charge in [-0.3, -0.25) is 14.4 Å². The normalized spacial score (nSPS) is 10.5. The van der Waals surface area contributed by atoms with E-state index in [0.717, 1.165) is 27.1 Å². The monoisotopic (exact) mass is 412 g/mol. The highest BCUT2D eigenvalue weighted by molar-refractivity contribution is 9.10. The average molecular weight is 413 g/mol. The number of hydrogen-bond acceptors (Lipinski definition) is 5. The van der Waals surface area contributed by atoms with Crippen LogP contribution in [-0.2, 0) is 20.9 Å². The third-order valence-corrected chi connectivity index (χ3v) is 4.82. The summed E-state index contributed by atoms with van der Waals surface area (Å²) in [6.07, 6.45) is 0.0407. The molecule has 6 nitrogen and oxygen atoms in total. The van der Waals surface area contributed by atoms with Crippen molar-refractivity contribution in [3.8, 4) is 0 Å². The first-order chi connectivity index (χ1) is 11.4. The summed E-state index contributed by atoms with van der Waals surface area (Å²) < 4.78 is 7.21. The number of benzene rings is 1. The molecule has 2 aromatic rings. The molecular formula is C16H17BrN2O4S. The fourth-order valence-corrected chi connectivity index (χ4v) is 3.36. The highest BCUT2D eigenvalue weighted by Crippen LogP contribution is 2.23. The number of amides is 1. The molecule has 0 spiro atoms. The van der Waals surface area contributed by atoms with Crippen molar-refractivity contribution in [3.05, 3.63) is 49.0 Å². The van der Waals surface area contributed by atoms with E-state index in [4.69, 9.17) is 4.74 Å². The molecular weight excluding hydrogens is 396 g/mol. The van der Waals surface area contributed by atoms with E-state index in [-0.39, 0.29) is 24.4 Å². The van der Waals surface area contributed by atoms with Gasteiger partial charge in [0.15, 0.2) is 6.61 Å². The summed E-state index contributed by atoms with van der Waals surface area (Å²) in [6.45, 7) is 3.63. The molecule has 1 aromatic carbocycles.